The molecule has 0 bridgehead atoms. The molecule has 1 saturated heterocycles. The maximum absolute atomic E-state index is 3.83. The van der Waals surface area contributed by atoms with E-state index in [4.69, 9.17) is 0 Å². The van der Waals surface area contributed by atoms with Gasteiger partial charge in [0, 0.05) is 12.6 Å². The third-order valence-corrected chi connectivity index (χ3v) is 5.07. The van der Waals surface area contributed by atoms with Gasteiger partial charge in [0.05, 0.1) is 0 Å². The fraction of sp³-hybridized carbons (Fsp3) is 1.00. The molecule has 0 spiro atoms. The second-order valence-corrected chi connectivity index (χ2v) is 7.03. The van der Waals surface area contributed by atoms with E-state index in [1.807, 2.05) is 0 Å². The van der Waals surface area contributed by atoms with Crippen LogP contribution in [0.1, 0.15) is 65.2 Å². The number of hydrogen-bond acceptors (Lipinski definition) is 2. The molecule has 112 valence electrons. The Kier molecular flexibility index (Phi) is 6.66. The minimum absolute atomic E-state index is 0.812. The second kappa shape index (κ2) is 8.26. The Bertz CT molecular complexity index is 227. The van der Waals surface area contributed by atoms with Gasteiger partial charge in [0.15, 0.2) is 0 Å². The van der Waals surface area contributed by atoms with Gasteiger partial charge in [-0.15, -0.1) is 0 Å². The van der Waals surface area contributed by atoms with E-state index in [2.05, 4.69) is 24.1 Å². The SMILES string of the molecule is CCCC1CCC(NCC(C)CN2CCCC2)CC1. The van der Waals surface area contributed by atoms with Crippen molar-refractivity contribution < 1.29 is 0 Å². The lowest BCUT2D eigenvalue weighted by Crippen LogP contribution is -2.38. The van der Waals surface area contributed by atoms with Crippen LogP contribution in [0.5, 0.6) is 0 Å². The van der Waals surface area contributed by atoms with Gasteiger partial charge in [0.2, 0.25) is 0 Å². The summed E-state index contributed by atoms with van der Waals surface area (Å²) in [6, 6.07) is 0.814. The van der Waals surface area contributed by atoms with Crippen molar-refractivity contribution in [3.63, 3.8) is 0 Å². The molecule has 0 radical (unpaired) electrons. The predicted octanol–water partition coefficient (Wildman–Crippen LogP) is 3.67. The van der Waals surface area contributed by atoms with Gasteiger partial charge in [-0.25, -0.2) is 0 Å². The molecule has 2 aliphatic rings. The van der Waals surface area contributed by atoms with Gasteiger partial charge in [-0.2, -0.15) is 0 Å². The molecule has 0 aromatic rings. The Morgan fingerprint density at radius 1 is 1.11 bits per heavy atom. The summed E-state index contributed by atoms with van der Waals surface area (Å²) in [5.74, 6) is 1.84. The van der Waals surface area contributed by atoms with Gasteiger partial charge in [-0.3, -0.25) is 0 Å². The molecule has 0 amide bonds. The first kappa shape index (κ1) is 15.3. The molecule has 1 unspecified atom stereocenters. The maximum Gasteiger partial charge on any atom is 0.00673 e. The molecule has 19 heavy (non-hydrogen) atoms. The van der Waals surface area contributed by atoms with E-state index in [1.165, 1.54) is 77.5 Å². The molecule has 2 fully saturated rings. The molecular formula is C17H34N2. The lowest BCUT2D eigenvalue weighted by Gasteiger charge is -2.30. The molecule has 1 aliphatic carbocycles. The van der Waals surface area contributed by atoms with Crippen molar-refractivity contribution >= 4 is 0 Å². The normalized spacial score (nSPS) is 30.6. The Hall–Kier alpha value is -0.0800. The van der Waals surface area contributed by atoms with Crippen LogP contribution >= 0.6 is 0 Å². The number of nitrogens with one attached hydrogen (secondary N) is 1. The van der Waals surface area contributed by atoms with Crippen molar-refractivity contribution in [2.45, 2.75) is 71.3 Å². The quantitative estimate of drug-likeness (QED) is 0.756. The van der Waals surface area contributed by atoms with Crippen molar-refractivity contribution in [1.29, 1.82) is 0 Å². The zero-order valence-electron chi connectivity index (χ0n) is 13.2. The Morgan fingerprint density at radius 3 is 2.42 bits per heavy atom. The molecule has 1 aliphatic heterocycles. The van der Waals surface area contributed by atoms with Crippen LogP contribution in [0.25, 0.3) is 0 Å². The lowest BCUT2D eigenvalue weighted by atomic mass is 9.83. The molecule has 2 rings (SSSR count). The van der Waals surface area contributed by atoms with Crippen LogP contribution in [0.4, 0.5) is 0 Å². The van der Waals surface area contributed by atoms with E-state index in [-0.39, 0.29) is 0 Å². The number of nitrogens with zero attached hydrogens (tertiary/aromatic N) is 1. The van der Waals surface area contributed by atoms with E-state index in [0.29, 0.717) is 0 Å². The minimum atomic E-state index is 0.812. The highest BCUT2D eigenvalue weighted by molar-refractivity contribution is 4.78. The van der Waals surface area contributed by atoms with Crippen LogP contribution in [-0.4, -0.2) is 37.1 Å². The molecule has 0 aromatic carbocycles. The van der Waals surface area contributed by atoms with Crippen LogP contribution in [0, 0.1) is 11.8 Å². The van der Waals surface area contributed by atoms with Gasteiger partial charge in [-0.1, -0.05) is 26.7 Å². The Balaban J connectivity index is 1.55. The van der Waals surface area contributed by atoms with Crippen molar-refractivity contribution in [1.82, 2.24) is 10.2 Å². The van der Waals surface area contributed by atoms with Crippen molar-refractivity contribution in [2.75, 3.05) is 26.2 Å². The Labute approximate surface area is 120 Å². The Morgan fingerprint density at radius 2 is 1.79 bits per heavy atom. The van der Waals surface area contributed by atoms with Crippen molar-refractivity contribution in [3.8, 4) is 0 Å². The van der Waals surface area contributed by atoms with Gasteiger partial charge >= 0.3 is 0 Å². The highest BCUT2D eigenvalue weighted by Crippen LogP contribution is 2.27. The smallest absolute Gasteiger partial charge is 0.00673 e. The first-order valence-corrected chi connectivity index (χ1v) is 8.73. The van der Waals surface area contributed by atoms with E-state index in [9.17, 15) is 0 Å². The van der Waals surface area contributed by atoms with E-state index in [0.717, 1.165) is 17.9 Å². The molecule has 1 heterocycles. The molecule has 2 heteroatoms. The summed E-state index contributed by atoms with van der Waals surface area (Å²) in [5.41, 5.74) is 0. The number of hydrogen-bond donors (Lipinski definition) is 1. The maximum atomic E-state index is 3.83. The van der Waals surface area contributed by atoms with E-state index < -0.39 is 0 Å². The van der Waals surface area contributed by atoms with Crippen LogP contribution in [0.2, 0.25) is 0 Å². The molecule has 0 aromatic heterocycles. The standard InChI is InChI=1S/C17H34N2/c1-3-6-16-7-9-17(10-8-16)18-13-15(2)14-19-11-4-5-12-19/h15-18H,3-14H2,1-2H3. The van der Waals surface area contributed by atoms with Crippen LogP contribution in [0.15, 0.2) is 0 Å². The first-order valence-electron chi connectivity index (χ1n) is 8.73. The average Bonchev–Trinajstić information content (AvgIpc) is 2.91. The highest BCUT2D eigenvalue weighted by atomic mass is 15.1. The molecule has 2 nitrogen and oxygen atoms in total. The van der Waals surface area contributed by atoms with Crippen molar-refractivity contribution in [3.05, 3.63) is 0 Å². The van der Waals surface area contributed by atoms with Gasteiger partial charge < -0.3 is 10.2 Å². The highest BCUT2D eigenvalue weighted by Gasteiger charge is 2.21. The zero-order valence-corrected chi connectivity index (χ0v) is 13.2. The van der Waals surface area contributed by atoms with E-state index in [1.54, 1.807) is 0 Å². The van der Waals surface area contributed by atoms with Crippen LogP contribution in [-0.2, 0) is 0 Å². The summed E-state index contributed by atoms with van der Waals surface area (Å²) in [6.07, 6.45) is 11.4. The fourth-order valence-corrected chi connectivity index (χ4v) is 3.90. The number of likely N-dealkylation sites (tertiary alicyclic amines) is 1. The van der Waals surface area contributed by atoms with Crippen LogP contribution in [0.3, 0.4) is 0 Å². The molecular weight excluding hydrogens is 232 g/mol. The third kappa shape index (κ3) is 5.43. The van der Waals surface area contributed by atoms with Crippen LogP contribution < -0.4 is 5.32 Å². The summed E-state index contributed by atoms with van der Waals surface area (Å²) >= 11 is 0. The number of rotatable bonds is 7. The predicted molar refractivity (Wildman–Crippen MR) is 83.5 cm³/mol. The monoisotopic (exact) mass is 266 g/mol. The average molecular weight is 266 g/mol. The van der Waals surface area contributed by atoms with Gasteiger partial charge in [-0.05, 0) is 70.0 Å². The summed E-state index contributed by atoms with van der Waals surface area (Å²) in [5, 5.41) is 3.83. The third-order valence-electron chi connectivity index (χ3n) is 5.07. The van der Waals surface area contributed by atoms with Gasteiger partial charge in [0.1, 0.15) is 0 Å². The second-order valence-electron chi connectivity index (χ2n) is 7.03. The zero-order chi connectivity index (χ0) is 13.5. The lowest BCUT2D eigenvalue weighted by molar-refractivity contribution is 0.248. The summed E-state index contributed by atoms with van der Waals surface area (Å²) in [6.45, 7) is 9.94. The largest absolute Gasteiger partial charge is 0.314 e. The minimum Gasteiger partial charge on any atom is -0.314 e. The summed E-state index contributed by atoms with van der Waals surface area (Å²) < 4.78 is 0. The van der Waals surface area contributed by atoms with Gasteiger partial charge in [0.25, 0.3) is 0 Å². The summed E-state index contributed by atoms with van der Waals surface area (Å²) in [4.78, 5) is 2.64. The van der Waals surface area contributed by atoms with E-state index >= 15 is 0 Å². The topological polar surface area (TPSA) is 15.3 Å². The molecule has 1 atom stereocenters. The fourth-order valence-electron chi connectivity index (χ4n) is 3.90. The first-order chi connectivity index (χ1) is 9.28. The molecule has 1 saturated carbocycles. The summed E-state index contributed by atoms with van der Waals surface area (Å²) in [7, 11) is 0. The molecule has 1 N–H and O–H groups in total. The van der Waals surface area contributed by atoms with Crippen molar-refractivity contribution in [2.24, 2.45) is 11.8 Å².